The number of rotatable bonds is 6. The van der Waals surface area contributed by atoms with Gasteiger partial charge in [0.15, 0.2) is 0 Å². The normalized spacial score (nSPS) is 10.1. The fraction of sp³-hybridized carbons (Fsp3) is 0.462. The smallest absolute Gasteiger partial charge is 0.224 e. The Kier molecular flexibility index (Phi) is 5.49. The van der Waals surface area contributed by atoms with Crippen LogP contribution < -0.4 is 10.1 Å². The van der Waals surface area contributed by atoms with Gasteiger partial charge in [-0.25, -0.2) is 0 Å². The van der Waals surface area contributed by atoms with Crippen molar-refractivity contribution in [3.8, 4) is 5.75 Å². The van der Waals surface area contributed by atoms with Crippen molar-refractivity contribution in [2.45, 2.75) is 13.3 Å². The first kappa shape index (κ1) is 13.5. The number of benzene rings is 1. The summed E-state index contributed by atoms with van der Waals surface area (Å²) in [6.45, 7) is 3.05. The molecule has 0 bridgehead atoms. The molecule has 4 nitrogen and oxygen atoms in total. The molecule has 0 aliphatic heterocycles. The topological polar surface area (TPSA) is 47.6 Å². The Morgan fingerprint density at radius 3 is 2.76 bits per heavy atom. The van der Waals surface area contributed by atoms with Gasteiger partial charge in [-0.1, -0.05) is 17.7 Å². The molecule has 1 aromatic rings. The van der Waals surface area contributed by atoms with Gasteiger partial charge in [0.05, 0.1) is 20.1 Å². The highest BCUT2D eigenvalue weighted by atomic mass is 16.5. The zero-order valence-electron chi connectivity index (χ0n) is 10.6. The molecule has 17 heavy (non-hydrogen) atoms. The van der Waals surface area contributed by atoms with Crippen molar-refractivity contribution in [3.05, 3.63) is 29.3 Å². The van der Waals surface area contributed by atoms with Gasteiger partial charge in [-0.3, -0.25) is 4.79 Å². The molecule has 0 atom stereocenters. The van der Waals surface area contributed by atoms with Crippen LogP contribution in [0.3, 0.4) is 0 Å². The summed E-state index contributed by atoms with van der Waals surface area (Å²) in [5.74, 6) is 0.725. The van der Waals surface area contributed by atoms with E-state index in [1.54, 1.807) is 14.2 Å². The molecule has 0 unspecified atom stereocenters. The Labute approximate surface area is 102 Å². The molecule has 0 spiro atoms. The summed E-state index contributed by atoms with van der Waals surface area (Å²) in [5, 5.41) is 2.78. The van der Waals surface area contributed by atoms with Gasteiger partial charge < -0.3 is 14.8 Å². The van der Waals surface area contributed by atoms with Gasteiger partial charge in [-0.2, -0.15) is 0 Å². The van der Waals surface area contributed by atoms with Crippen LogP contribution in [-0.2, 0) is 16.0 Å². The zero-order chi connectivity index (χ0) is 12.7. The fourth-order valence-electron chi connectivity index (χ4n) is 1.57. The molecule has 0 aliphatic carbocycles. The van der Waals surface area contributed by atoms with Crippen molar-refractivity contribution >= 4 is 5.91 Å². The Bertz CT molecular complexity index is 377. The molecule has 94 valence electrons. The average Bonchev–Trinajstić information content (AvgIpc) is 2.29. The largest absolute Gasteiger partial charge is 0.496 e. The summed E-state index contributed by atoms with van der Waals surface area (Å²) in [6, 6.07) is 5.81. The fourth-order valence-corrected chi connectivity index (χ4v) is 1.57. The Morgan fingerprint density at radius 1 is 1.35 bits per heavy atom. The predicted molar refractivity (Wildman–Crippen MR) is 66.3 cm³/mol. The minimum Gasteiger partial charge on any atom is -0.496 e. The van der Waals surface area contributed by atoms with E-state index < -0.39 is 0 Å². The van der Waals surface area contributed by atoms with Gasteiger partial charge in [0.25, 0.3) is 0 Å². The van der Waals surface area contributed by atoms with Crippen molar-refractivity contribution in [3.63, 3.8) is 0 Å². The maximum atomic E-state index is 11.6. The zero-order valence-corrected chi connectivity index (χ0v) is 10.6. The van der Waals surface area contributed by atoms with Crippen LogP contribution in [-0.4, -0.2) is 33.3 Å². The minimum absolute atomic E-state index is 0.0223. The van der Waals surface area contributed by atoms with E-state index in [-0.39, 0.29) is 5.91 Å². The molecule has 1 N–H and O–H groups in total. The molecule has 0 fully saturated rings. The summed E-state index contributed by atoms with van der Waals surface area (Å²) >= 11 is 0. The molecule has 4 heteroatoms. The molecule has 0 saturated heterocycles. The SMILES string of the molecule is COCCNC(=O)Cc1cc(C)ccc1OC. The minimum atomic E-state index is -0.0223. The monoisotopic (exact) mass is 237 g/mol. The van der Waals surface area contributed by atoms with E-state index in [1.807, 2.05) is 25.1 Å². The lowest BCUT2D eigenvalue weighted by molar-refractivity contribution is -0.120. The molecule has 0 saturated carbocycles. The molecule has 0 aromatic heterocycles. The van der Waals surface area contributed by atoms with Crippen LogP contribution >= 0.6 is 0 Å². The third kappa shape index (κ3) is 4.44. The van der Waals surface area contributed by atoms with Crippen LogP contribution in [0.25, 0.3) is 0 Å². The van der Waals surface area contributed by atoms with Crippen LogP contribution in [0.2, 0.25) is 0 Å². The van der Waals surface area contributed by atoms with Crippen LogP contribution in [0.1, 0.15) is 11.1 Å². The average molecular weight is 237 g/mol. The van der Waals surface area contributed by atoms with E-state index >= 15 is 0 Å². The molecular weight excluding hydrogens is 218 g/mol. The number of nitrogens with one attached hydrogen (secondary N) is 1. The summed E-state index contributed by atoms with van der Waals surface area (Å²) in [4.78, 5) is 11.6. The Balaban J connectivity index is 2.60. The van der Waals surface area contributed by atoms with Crippen molar-refractivity contribution in [1.82, 2.24) is 5.32 Å². The lowest BCUT2D eigenvalue weighted by Crippen LogP contribution is -2.28. The maximum Gasteiger partial charge on any atom is 0.224 e. The first-order chi connectivity index (χ1) is 8.17. The van der Waals surface area contributed by atoms with E-state index in [4.69, 9.17) is 9.47 Å². The second-order valence-electron chi connectivity index (χ2n) is 3.83. The maximum absolute atomic E-state index is 11.6. The molecule has 0 aliphatic rings. The van der Waals surface area contributed by atoms with Crippen LogP contribution in [0, 0.1) is 6.92 Å². The number of hydrogen-bond donors (Lipinski definition) is 1. The van der Waals surface area contributed by atoms with Crippen molar-refractivity contribution in [1.29, 1.82) is 0 Å². The molecule has 1 aromatic carbocycles. The van der Waals surface area contributed by atoms with Gasteiger partial charge >= 0.3 is 0 Å². The standard InChI is InChI=1S/C13H19NO3/c1-10-4-5-12(17-3)11(8-10)9-13(15)14-6-7-16-2/h4-5,8H,6-7,9H2,1-3H3,(H,14,15). The summed E-state index contributed by atoms with van der Waals surface area (Å²) in [6.07, 6.45) is 0.328. The van der Waals surface area contributed by atoms with E-state index in [0.29, 0.717) is 19.6 Å². The summed E-state index contributed by atoms with van der Waals surface area (Å²) in [7, 11) is 3.22. The molecule has 1 amide bonds. The Hall–Kier alpha value is -1.55. The quantitative estimate of drug-likeness (QED) is 0.759. The second-order valence-corrected chi connectivity index (χ2v) is 3.83. The third-order valence-electron chi connectivity index (χ3n) is 2.42. The number of aryl methyl sites for hydroxylation is 1. The van der Waals surface area contributed by atoms with Crippen LogP contribution in [0.4, 0.5) is 0 Å². The molecule has 0 radical (unpaired) electrons. The number of ether oxygens (including phenoxy) is 2. The lowest BCUT2D eigenvalue weighted by Gasteiger charge is -2.09. The van der Waals surface area contributed by atoms with Gasteiger partial charge in [0.2, 0.25) is 5.91 Å². The van der Waals surface area contributed by atoms with Crippen LogP contribution in [0.5, 0.6) is 5.75 Å². The number of carbonyl (C=O) groups excluding carboxylic acids is 1. The van der Waals surface area contributed by atoms with Gasteiger partial charge in [0, 0.05) is 19.2 Å². The Morgan fingerprint density at radius 2 is 2.12 bits per heavy atom. The highest BCUT2D eigenvalue weighted by Gasteiger charge is 2.08. The summed E-state index contributed by atoms with van der Waals surface area (Å²) < 4.78 is 10.1. The summed E-state index contributed by atoms with van der Waals surface area (Å²) in [5.41, 5.74) is 2.02. The van der Waals surface area contributed by atoms with E-state index in [9.17, 15) is 4.79 Å². The first-order valence-corrected chi connectivity index (χ1v) is 5.56. The van der Waals surface area contributed by atoms with Crippen molar-refractivity contribution < 1.29 is 14.3 Å². The van der Waals surface area contributed by atoms with Gasteiger partial charge in [0.1, 0.15) is 5.75 Å². The molecule has 0 heterocycles. The third-order valence-corrected chi connectivity index (χ3v) is 2.42. The number of methoxy groups -OCH3 is 2. The van der Waals surface area contributed by atoms with Crippen molar-refractivity contribution in [2.24, 2.45) is 0 Å². The van der Waals surface area contributed by atoms with Crippen LogP contribution in [0.15, 0.2) is 18.2 Å². The van der Waals surface area contributed by atoms with Gasteiger partial charge in [-0.05, 0) is 13.0 Å². The first-order valence-electron chi connectivity index (χ1n) is 5.56. The molecular formula is C13H19NO3. The van der Waals surface area contributed by atoms with E-state index in [0.717, 1.165) is 16.9 Å². The van der Waals surface area contributed by atoms with Gasteiger partial charge in [-0.15, -0.1) is 0 Å². The highest BCUT2D eigenvalue weighted by Crippen LogP contribution is 2.19. The van der Waals surface area contributed by atoms with E-state index in [2.05, 4.69) is 5.32 Å². The molecule has 1 rings (SSSR count). The number of hydrogen-bond acceptors (Lipinski definition) is 3. The van der Waals surface area contributed by atoms with E-state index in [1.165, 1.54) is 0 Å². The predicted octanol–water partition coefficient (Wildman–Crippen LogP) is 1.31. The lowest BCUT2D eigenvalue weighted by atomic mass is 10.1. The number of carbonyl (C=O) groups is 1. The second kappa shape index (κ2) is 6.91. The number of amides is 1. The van der Waals surface area contributed by atoms with Crippen molar-refractivity contribution in [2.75, 3.05) is 27.4 Å². The highest BCUT2D eigenvalue weighted by molar-refractivity contribution is 5.79.